The van der Waals surface area contributed by atoms with Crippen LogP contribution in [0.3, 0.4) is 0 Å². The van der Waals surface area contributed by atoms with Gasteiger partial charge in [0.2, 0.25) is 10.0 Å². The van der Waals surface area contributed by atoms with E-state index in [1.807, 2.05) is 0 Å². The van der Waals surface area contributed by atoms with Gasteiger partial charge in [0.25, 0.3) is 11.8 Å². The van der Waals surface area contributed by atoms with Crippen LogP contribution >= 0.6 is 0 Å². The average molecular weight is 417 g/mol. The Morgan fingerprint density at radius 3 is 2.24 bits per heavy atom. The second kappa shape index (κ2) is 9.06. The van der Waals surface area contributed by atoms with Gasteiger partial charge in [0.1, 0.15) is 0 Å². The molecule has 154 valence electrons. The lowest BCUT2D eigenvalue weighted by Gasteiger charge is -2.15. The third-order valence-electron chi connectivity index (χ3n) is 4.40. The Balaban J connectivity index is 1.75. The van der Waals surface area contributed by atoms with Crippen molar-refractivity contribution in [2.75, 3.05) is 29.4 Å². The molecule has 9 heteroatoms. The number of carbonyl (C=O) groups is 2. The molecule has 3 N–H and O–H groups in total. The van der Waals surface area contributed by atoms with Gasteiger partial charge >= 0.3 is 0 Å². The van der Waals surface area contributed by atoms with Gasteiger partial charge in [-0.2, -0.15) is 0 Å². The number of hydrogen-bond donors (Lipinski definition) is 3. The molecule has 1 aliphatic rings. The summed E-state index contributed by atoms with van der Waals surface area (Å²) in [5.74, 6) is -0.852. The summed E-state index contributed by atoms with van der Waals surface area (Å²) in [6, 6.07) is 12.9. The van der Waals surface area contributed by atoms with Gasteiger partial charge in [-0.05, 0) is 37.1 Å². The third kappa shape index (κ3) is 5.78. The number of benzene rings is 2. The van der Waals surface area contributed by atoms with Gasteiger partial charge in [0.15, 0.2) is 0 Å². The Morgan fingerprint density at radius 1 is 1.00 bits per heavy atom. The van der Waals surface area contributed by atoms with E-state index in [0.29, 0.717) is 24.4 Å². The highest BCUT2D eigenvalue weighted by Crippen LogP contribution is 2.21. The first-order valence-electron chi connectivity index (χ1n) is 9.20. The Kier molecular flexibility index (Phi) is 6.50. The predicted octanol–water partition coefficient (Wildman–Crippen LogP) is 2.22. The monoisotopic (exact) mass is 417 g/mol. The Hall–Kier alpha value is -2.91. The second-order valence-corrected chi connectivity index (χ2v) is 8.51. The SMILES string of the molecule is CS(=O)(=O)Nc1ccccc1C(=O)Nc1ccccc1C(=O)NCC1CCCO1. The molecule has 0 saturated carbocycles. The number of sulfonamides is 1. The number of anilines is 2. The fourth-order valence-corrected chi connectivity index (χ4v) is 3.63. The van der Waals surface area contributed by atoms with E-state index in [1.54, 1.807) is 36.4 Å². The predicted molar refractivity (Wildman–Crippen MR) is 111 cm³/mol. The van der Waals surface area contributed by atoms with Crippen LogP contribution in [0.25, 0.3) is 0 Å². The van der Waals surface area contributed by atoms with Crippen molar-refractivity contribution in [1.29, 1.82) is 0 Å². The Bertz CT molecular complexity index is 1000. The van der Waals surface area contributed by atoms with Gasteiger partial charge in [-0.3, -0.25) is 14.3 Å². The largest absolute Gasteiger partial charge is 0.376 e. The van der Waals surface area contributed by atoms with E-state index in [-0.39, 0.29) is 23.3 Å². The highest BCUT2D eigenvalue weighted by Gasteiger charge is 2.20. The van der Waals surface area contributed by atoms with Crippen molar-refractivity contribution in [3.63, 3.8) is 0 Å². The normalized spacial score (nSPS) is 16.2. The van der Waals surface area contributed by atoms with Crippen LogP contribution < -0.4 is 15.4 Å². The summed E-state index contributed by atoms with van der Waals surface area (Å²) in [5, 5.41) is 5.53. The molecule has 0 radical (unpaired) electrons. The molecule has 1 atom stereocenters. The molecular formula is C20H23N3O5S. The van der Waals surface area contributed by atoms with Crippen molar-refractivity contribution >= 4 is 33.2 Å². The molecule has 3 rings (SSSR count). The van der Waals surface area contributed by atoms with E-state index in [4.69, 9.17) is 4.74 Å². The quantitative estimate of drug-likeness (QED) is 0.639. The minimum absolute atomic E-state index is 0.00893. The lowest BCUT2D eigenvalue weighted by Crippen LogP contribution is -2.32. The third-order valence-corrected chi connectivity index (χ3v) is 4.99. The zero-order valence-electron chi connectivity index (χ0n) is 16.0. The number of nitrogens with one attached hydrogen (secondary N) is 3. The molecule has 1 fully saturated rings. The highest BCUT2D eigenvalue weighted by atomic mass is 32.2. The zero-order valence-corrected chi connectivity index (χ0v) is 16.8. The van der Waals surface area contributed by atoms with Crippen LogP contribution in [0.5, 0.6) is 0 Å². The molecule has 0 aliphatic carbocycles. The van der Waals surface area contributed by atoms with Gasteiger partial charge in [0.05, 0.1) is 34.9 Å². The van der Waals surface area contributed by atoms with Crippen LogP contribution in [-0.2, 0) is 14.8 Å². The van der Waals surface area contributed by atoms with E-state index in [9.17, 15) is 18.0 Å². The van der Waals surface area contributed by atoms with Crippen LogP contribution in [0.1, 0.15) is 33.6 Å². The number of rotatable bonds is 7. The van der Waals surface area contributed by atoms with Crippen LogP contribution in [0.4, 0.5) is 11.4 Å². The maximum Gasteiger partial charge on any atom is 0.257 e. The molecular weight excluding hydrogens is 394 g/mol. The number of hydrogen-bond acceptors (Lipinski definition) is 5. The van der Waals surface area contributed by atoms with Crippen LogP contribution in [-0.4, -0.2) is 45.7 Å². The molecule has 2 aromatic rings. The molecule has 0 spiro atoms. The van der Waals surface area contributed by atoms with Crippen molar-refractivity contribution in [1.82, 2.24) is 5.32 Å². The van der Waals surface area contributed by atoms with E-state index >= 15 is 0 Å². The maximum atomic E-state index is 12.8. The molecule has 0 bridgehead atoms. The van der Waals surface area contributed by atoms with Crippen LogP contribution in [0.15, 0.2) is 48.5 Å². The topological polar surface area (TPSA) is 114 Å². The van der Waals surface area contributed by atoms with Gasteiger partial charge in [-0.15, -0.1) is 0 Å². The first kappa shape index (κ1) is 20.8. The summed E-state index contributed by atoms with van der Waals surface area (Å²) in [5.41, 5.74) is 0.948. The first-order valence-corrected chi connectivity index (χ1v) is 11.1. The average Bonchev–Trinajstić information content (AvgIpc) is 3.19. The molecule has 0 aromatic heterocycles. The van der Waals surface area contributed by atoms with Crippen molar-refractivity contribution in [3.8, 4) is 0 Å². The standard InChI is InChI=1S/C20H23N3O5S/c1-29(26,27)23-18-11-5-3-9-16(18)20(25)22-17-10-4-2-8-15(17)19(24)21-13-14-7-6-12-28-14/h2-5,8-11,14,23H,6-7,12-13H2,1H3,(H,21,24)(H,22,25). The van der Waals surface area contributed by atoms with Gasteiger partial charge in [-0.1, -0.05) is 24.3 Å². The molecule has 8 nitrogen and oxygen atoms in total. The van der Waals surface area contributed by atoms with Crippen molar-refractivity contribution in [3.05, 3.63) is 59.7 Å². The molecule has 1 heterocycles. The first-order chi connectivity index (χ1) is 13.8. The van der Waals surface area contributed by atoms with E-state index in [2.05, 4.69) is 15.4 Å². The summed E-state index contributed by atoms with van der Waals surface area (Å²) < 4.78 is 30.9. The van der Waals surface area contributed by atoms with Crippen molar-refractivity contribution < 1.29 is 22.7 Å². The summed E-state index contributed by atoms with van der Waals surface area (Å²) >= 11 is 0. The zero-order chi connectivity index (χ0) is 20.9. The Morgan fingerprint density at radius 2 is 1.62 bits per heavy atom. The summed E-state index contributed by atoms with van der Waals surface area (Å²) in [6.45, 7) is 1.11. The minimum atomic E-state index is -3.55. The molecule has 1 aliphatic heterocycles. The van der Waals surface area contributed by atoms with Crippen molar-refractivity contribution in [2.24, 2.45) is 0 Å². The minimum Gasteiger partial charge on any atom is -0.376 e. The smallest absolute Gasteiger partial charge is 0.257 e. The number of carbonyl (C=O) groups excluding carboxylic acids is 2. The molecule has 29 heavy (non-hydrogen) atoms. The number of para-hydroxylation sites is 2. The fourth-order valence-electron chi connectivity index (χ4n) is 3.06. The molecule has 2 aromatic carbocycles. The summed E-state index contributed by atoms with van der Waals surface area (Å²) in [7, 11) is -3.55. The van der Waals surface area contributed by atoms with E-state index in [1.165, 1.54) is 12.1 Å². The van der Waals surface area contributed by atoms with Gasteiger partial charge in [0, 0.05) is 13.2 Å². The van der Waals surface area contributed by atoms with Crippen LogP contribution in [0, 0.1) is 0 Å². The van der Waals surface area contributed by atoms with Crippen LogP contribution in [0.2, 0.25) is 0 Å². The van der Waals surface area contributed by atoms with E-state index in [0.717, 1.165) is 19.1 Å². The lowest BCUT2D eigenvalue weighted by atomic mass is 10.1. The number of ether oxygens (including phenoxy) is 1. The maximum absolute atomic E-state index is 12.8. The molecule has 1 unspecified atom stereocenters. The van der Waals surface area contributed by atoms with Gasteiger partial charge in [-0.25, -0.2) is 8.42 Å². The highest BCUT2D eigenvalue weighted by molar-refractivity contribution is 7.92. The van der Waals surface area contributed by atoms with E-state index < -0.39 is 15.9 Å². The van der Waals surface area contributed by atoms with Crippen molar-refractivity contribution in [2.45, 2.75) is 18.9 Å². The second-order valence-electron chi connectivity index (χ2n) is 6.76. The fraction of sp³-hybridized carbons (Fsp3) is 0.300. The molecule has 1 saturated heterocycles. The Labute approximate surface area is 169 Å². The number of amides is 2. The summed E-state index contributed by atoms with van der Waals surface area (Å²) in [6.07, 6.45) is 2.90. The summed E-state index contributed by atoms with van der Waals surface area (Å²) in [4.78, 5) is 25.4. The van der Waals surface area contributed by atoms with Gasteiger partial charge < -0.3 is 15.4 Å². The molecule has 2 amide bonds. The lowest BCUT2D eigenvalue weighted by molar-refractivity contribution is 0.0858.